The molecule has 0 spiro atoms. The molecule has 0 saturated heterocycles. The van der Waals surface area contributed by atoms with Crippen LogP contribution in [0.5, 0.6) is 0 Å². The zero-order valence-corrected chi connectivity index (χ0v) is 12.6. The minimum Gasteiger partial charge on any atom is -0.367 e. The van der Waals surface area contributed by atoms with Crippen molar-refractivity contribution >= 4 is 17.0 Å². The third-order valence-electron chi connectivity index (χ3n) is 4.47. The summed E-state index contributed by atoms with van der Waals surface area (Å²) in [6.45, 7) is 0.513. The van der Waals surface area contributed by atoms with Crippen molar-refractivity contribution in [3.05, 3.63) is 48.0 Å². The van der Waals surface area contributed by atoms with Gasteiger partial charge < -0.3 is 10.3 Å². The number of hydrogen-bond donors (Lipinski definition) is 2. The molecule has 8 heteroatoms. The van der Waals surface area contributed by atoms with Gasteiger partial charge in [-0.1, -0.05) is 18.2 Å². The average Bonchev–Trinajstić information content (AvgIpc) is 3.20. The zero-order valence-electron chi connectivity index (χ0n) is 12.6. The van der Waals surface area contributed by atoms with Crippen LogP contribution in [0.3, 0.4) is 0 Å². The van der Waals surface area contributed by atoms with Gasteiger partial charge in [-0.05, 0) is 24.5 Å². The third kappa shape index (κ3) is 2.57. The van der Waals surface area contributed by atoms with Crippen molar-refractivity contribution in [1.29, 1.82) is 0 Å². The van der Waals surface area contributed by atoms with E-state index in [0.29, 0.717) is 29.1 Å². The van der Waals surface area contributed by atoms with Gasteiger partial charge in [0.25, 0.3) is 0 Å². The van der Waals surface area contributed by atoms with Gasteiger partial charge in [0.1, 0.15) is 11.8 Å². The van der Waals surface area contributed by atoms with Gasteiger partial charge in [0, 0.05) is 12.0 Å². The SMILES string of the molecule is FC(F)(F)c1cccc(C2(CNc3ncnc4nc[nH]c34)CC2)c1. The number of hydrogen-bond acceptors (Lipinski definition) is 4. The lowest BCUT2D eigenvalue weighted by molar-refractivity contribution is -0.137. The van der Waals surface area contributed by atoms with Crippen LogP contribution in [0.25, 0.3) is 11.2 Å². The second kappa shape index (κ2) is 5.19. The molecule has 124 valence electrons. The summed E-state index contributed by atoms with van der Waals surface area (Å²) in [6.07, 6.45) is 0.310. The van der Waals surface area contributed by atoms with Crippen LogP contribution in [0.1, 0.15) is 24.0 Å². The van der Waals surface area contributed by atoms with Crippen LogP contribution < -0.4 is 5.32 Å². The van der Waals surface area contributed by atoms with Gasteiger partial charge in [-0.3, -0.25) is 0 Å². The molecule has 1 aliphatic rings. The Labute approximate surface area is 135 Å². The Morgan fingerprint density at radius 3 is 2.75 bits per heavy atom. The van der Waals surface area contributed by atoms with Crippen molar-refractivity contribution < 1.29 is 13.2 Å². The summed E-state index contributed by atoms with van der Waals surface area (Å²) in [7, 11) is 0. The Kier molecular flexibility index (Phi) is 3.22. The van der Waals surface area contributed by atoms with Gasteiger partial charge in [-0.25, -0.2) is 15.0 Å². The van der Waals surface area contributed by atoms with Crippen molar-refractivity contribution in [3.63, 3.8) is 0 Å². The van der Waals surface area contributed by atoms with Crippen molar-refractivity contribution in [1.82, 2.24) is 19.9 Å². The first kappa shape index (κ1) is 14.9. The van der Waals surface area contributed by atoms with E-state index < -0.39 is 11.7 Å². The number of aromatic nitrogens is 4. The molecule has 0 aliphatic heterocycles. The van der Waals surface area contributed by atoms with Gasteiger partial charge >= 0.3 is 6.18 Å². The maximum atomic E-state index is 12.9. The number of benzene rings is 1. The molecule has 0 atom stereocenters. The number of H-pyrrole nitrogens is 1. The van der Waals surface area contributed by atoms with E-state index >= 15 is 0 Å². The fraction of sp³-hybridized carbons (Fsp3) is 0.312. The van der Waals surface area contributed by atoms with Crippen molar-refractivity contribution in [2.75, 3.05) is 11.9 Å². The highest BCUT2D eigenvalue weighted by Crippen LogP contribution is 2.49. The average molecular weight is 333 g/mol. The highest BCUT2D eigenvalue weighted by molar-refractivity contribution is 5.81. The molecule has 0 radical (unpaired) electrons. The predicted molar refractivity (Wildman–Crippen MR) is 82.5 cm³/mol. The minimum absolute atomic E-state index is 0.279. The first-order valence-electron chi connectivity index (χ1n) is 7.54. The van der Waals surface area contributed by atoms with E-state index in [1.54, 1.807) is 6.07 Å². The molecular weight excluding hydrogens is 319 g/mol. The molecule has 0 amide bonds. The summed E-state index contributed by atoms with van der Waals surface area (Å²) in [6, 6.07) is 5.58. The summed E-state index contributed by atoms with van der Waals surface area (Å²) in [4.78, 5) is 15.3. The molecule has 0 bridgehead atoms. The Balaban J connectivity index is 1.58. The number of alkyl halides is 3. The molecule has 2 N–H and O–H groups in total. The topological polar surface area (TPSA) is 66.5 Å². The fourth-order valence-corrected chi connectivity index (χ4v) is 2.90. The zero-order chi connectivity index (χ0) is 16.8. The number of nitrogens with zero attached hydrogens (tertiary/aromatic N) is 3. The third-order valence-corrected chi connectivity index (χ3v) is 4.47. The molecule has 4 rings (SSSR count). The van der Waals surface area contributed by atoms with Crippen LogP contribution in [0, 0.1) is 0 Å². The molecule has 1 aromatic carbocycles. The molecule has 2 heterocycles. The first-order valence-corrected chi connectivity index (χ1v) is 7.54. The quantitative estimate of drug-likeness (QED) is 0.767. The molecule has 24 heavy (non-hydrogen) atoms. The number of anilines is 1. The molecule has 1 aliphatic carbocycles. The van der Waals surface area contributed by atoms with Gasteiger partial charge in [0.2, 0.25) is 0 Å². The maximum Gasteiger partial charge on any atom is 0.416 e. The standard InChI is InChI=1S/C16H14F3N5/c17-16(18,19)11-3-1-2-10(6-11)15(4-5-15)7-20-13-12-14(22-8-21-12)24-9-23-13/h1-3,6,8-9H,4-5,7H2,(H2,20,21,22,23,24). The first-order chi connectivity index (χ1) is 11.5. The number of rotatable bonds is 4. The van der Waals surface area contributed by atoms with Gasteiger partial charge in [-0.2, -0.15) is 13.2 Å². The van der Waals surface area contributed by atoms with Crippen LogP contribution in [0.15, 0.2) is 36.9 Å². The predicted octanol–water partition coefficient (Wildman–Crippen LogP) is 3.52. The largest absolute Gasteiger partial charge is 0.416 e. The van der Waals surface area contributed by atoms with Crippen molar-refractivity contribution in [2.45, 2.75) is 24.4 Å². The van der Waals surface area contributed by atoms with E-state index in [2.05, 4.69) is 25.3 Å². The number of aromatic amines is 1. The highest BCUT2D eigenvalue weighted by atomic mass is 19.4. The second-order valence-corrected chi connectivity index (χ2v) is 6.04. The van der Waals surface area contributed by atoms with Crippen LogP contribution in [0.2, 0.25) is 0 Å². The molecular formula is C16H14F3N5. The molecule has 1 fully saturated rings. The normalized spacial score (nSPS) is 16.3. The van der Waals surface area contributed by atoms with Crippen molar-refractivity contribution in [3.8, 4) is 0 Å². The Morgan fingerprint density at radius 2 is 2.00 bits per heavy atom. The van der Waals surface area contributed by atoms with E-state index in [9.17, 15) is 13.2 Å². The maximum absolute atomic E-state index is 12.9. The molecule has 2 aromatic heterocycles. The summed E-state index contributed by atoms with van der Waals surface area (Å²) in [5.41, 5.74) is 1.07. The molecule has 0 unspecified atom stereocenters. The summed E-state index contributed by atoms with van der Waals surface area (Å²) >= 11 is 0. The van der Waals surface area contributed by atoms with Crippen LogP contribution in [0.4, 0.5) is 19.0 Å². The van der Waals surface area contributed by atoms with E-state index in [-0.39, 0.29) is 5.41 Å². The van der Waals surface area contributed by atoms with Gasteiger partial charge in [0.05, 0.1) is 11.9 Å². The second-order valence-electron chi connectivity index (χ2n) is 6.04. The van der Waals surface area contributed by atoms with E-state index in [0.717, 1.165) is 18.9 Å². The lowest BCUT2D eigenvalue weighted by atomic mass is 9.94. The van der Waals surface area contributed by atoms with Gasteiger partial charge in [0.15, 0.2) is 11.5 Å². The fourth-order valence-electron chi connectivity index (χ4n) is 2.90. The monoisotopic (exact) mass is 333 g/mol. The number of fused-ring (bicyclic) bond motifs is 1. The van der Waals surface area contributed by atoms with Crippen LogP contribution >= 0.6 is 0 Å². The Morgan fingerprint density at radius 1 is 1.17 bits per heavy atom. The summed E-state index contributed by atoms with van der Waals surface area (Å²) in [5.74, 6) is 0.607. The smallest absolute Gasteiger partial charge is 0.367 e. The van der Waals surface area contributed by atoms with E-state index in [1.807, 2.05) is 0 Å². The molecule has 5 nitrogen and oxygen atoms in total. The van der Waals surface area contributed by atoms with Crippen LogP contribution in [-0.2, 0) is 11.6 Å². The molecule has 3 aromatic rings. The lowest BCUT2D eigenvalue weighted by Crippen LogP contribution is -2.21. The number of nitrogens with one attached hydrogen (secondary N) is 2. The minimum atomic E-state index is -4.33. The number of imidazole rings is 1. The van der Waals surface area contributed by atoms with Gasteiger partial charge in [-0.15, -0.1) is 0 Å². The Hall–Kier alpha value is -2.64. The van der Waals surface area contributed by atoms with Crippen LogP contribution in [-0.4, -0.2) is 26.5 Å². The summed E-state index contributed by atoms with van der Waals surface area (Å²) in [5, 5.41) is 3.23. The number of halogens is 3. The molecule has 1 saturated carbocycles. The van der Waals surface area contributed by atoms with Crippen molar-refractivity contribution in [2.24, 2.45) is 0 Å². The lowest BCUT2D eigenvalue weighted by Gasteiger charge is -2.18. The van der Waals surface area contributed by atoms with E-state index in [4.69, 9.17) is 0 Å². The summed E-state index contributed by atoms with van der Waals surface area (Å²) < 4.78 is 38.8. The Bertz CT molecular complexity index is 883. The van der Waals surface area contributed by atoms with E-state index in [1.165, 1.54) is 24.8 Å². The highest BCUT2D eigenvalue weighted by Gasteiger charge is 2.45.